The first-order chi connectivity index (χ1) is 8.38. The maximum atomic E-state index is 12.0. The second-order valence-corrected chi connectivity index (χ2v) is 3.14. The second kappa shape index (κ2) is 5.52. The van der Waals surface area contributed by atoms with Gasteiger partial charge in [0.05, 0.1) is 6.61 Å². The molecule has 0 unspecified atom stereocenters. The van der Waals surface area contributed by atoms with Crippen LogP contribution in [0.5, 0.6) is 11.5 Å². The zero-order chi connectivity index (χ0) is 13.8. The Kier molecular flexibility index (Phi) is 4.30. The fourth-order valence-corrected chi connectivity index (χ4v) is 1.11. The van der Waals surface area contributed by atoms with Crippen molar-refractivity contribution < 1.29 is 32.2 Å². The van der Waals surface area contributed by atoms with E-state index >= 15 is 0 Å². The Hall–Kier alpha value is -2.05. The van der Waals surface area contributed by atoms with Gasteiger partial charge >= 0.3 is 12.1 Å². The van der Waals surface area contributed by atoms with Crippen LogP contribution in [0.4, 0.5) is 13.2 Å². The normalized spacial score (nSPS) is 10.9. The SMILES string of the molecule is CCOc1cc(C=O)ccc1OC(=O)C(F)(F)F. The minimum Gasteiger partial charge on any atom is -0.490 e. The third kappa shape index (κ3) is 3.47. The van der Waals surface area contributed by atoms with E-state index in [1.54, 1.807) is 6.92 Å². The molecule has 0 aliphatic carbocycles. The van der Waals surface area contributed by atoms with Crippen LogP contribution in [0.25, 0.3) is 0 Å². The number of benzene rings is 1. The minimum absolute atomic E-state index is 0.0975. The summed E-state index contributed by atoms with van der Waals surface area (Å²) < 4.78 is 45.2. The molecule has 0 spiro atoms. The molecule has 1 rings (SSSR count). The summed E-state index contributed by atoms with van der Waals surface area (Å²) in [6.45, 7) is 1.75. The van der Waals surface area contributed by atoms with Crippen LogP contribution < -0.4 is 9.47 Å². The van der Waals surface area contributed by atoms with E-state index < -0.39 is 12.1 Å². The van der Waals surface area contributed by atoms with E-state index in [1.165, 1.54) is 12.1 Å². The van der Waals surface area contributed by atoms with Gasteiger partial charge in [0.25, 0.3) is 0 Å². The molecule has 0 radical (unpaired) electrons. The predicted molar refractivity (Wildman–Crippen MR) is 54.7 cm³/mol. The topological polar surface area (TPSA) is 52.6 Å². The Balaban J connectivity index is 3.01. The van der Waals surface area contributed by atoms with E-state index in [-0.39, 0.29) is 23.7 Å². The van der Waals surface area contributed by atoms with Gasteiger partial charge in [0.2, 0.25) is 0 Å². The van der Waals surface area contributed by atoms with Gasteiger partial charge in [0, 0.05) is 5.56 Å². The molecule has 0 aliphatic rings. The van der Waals surface area contributed by atoms with Crippen molar-refractivity contribution in [1.29, 1.82) is 0 Å². The number of carbonyl (C=O) groups is 2. The average molecular weight is 262 g/mol. The third-order valence-corrected chi connectivity index (χ3v) is 1.84. The van der Waals surface area contributed by atoms with Gasteiger partial charge in [-0.1, -0.05) is 0 Å². The Bertz CT molecular complexity index is 454. The van der Waals surface area contributed by atoms with E-state index in [1.807, 2.05) is 0 Å². The molecule has 0 N–H and O–H groups in total. The highest BCUT2D eigenvalue weighted by molar-refractivity contribution is 5.80. The van der Waals surface area contributed by atoms with Crippen molar-refractivity contribution in [3.8, 4) is 11.5 Å². The van der Waals surface area contributed by atoms with Crippen LogP contribution in [0.3, 0.4) is 0 Å². The standard InChI is InChI=1S/C11H9F3O4/c1-2-17-9-5-7(6-15)3-4-8(9)18-10(16)11(12,13)14/h3-6H,2H2,1H3. The molecule has 0 fully saturated rings. The lowest BCUT2D eigenvalue weighted by atomic mass is 10.2. The number of hydrogen-bond donors (Lipinski definition) is 0. The number of alkyl halides is 3. The molecule has 7 heteroatoms. The molecule has 4 nitrogen and oxygen atoms in total. The number of esters is 1. The molecular formula is C11H9F3O4. The molecule has 1 aromatic carbocycles. The second-order valence-electron chi connectivity index (χ2n) is 3.14. The smallest absolute Gasteiger partial charge is 0.490 e. The van der Waals surface area contributed by atoms with E-state index in [9.17, 15) is 22.8 Å². The highest BCUT2D eigenvalue weighted by Crippen LogP contribution is 2.30. The fraction of sp³-hybridized carbons (Fsp3) is 0.273. The lowest BCUT2D eigenvalue weighted by Crippen LogP contribution is -2.28. The van der Waals surface area contributed by atoms with Crippen molar-refractivity contribution in [3.05, 3.63) is 23.8 Å². The Morgan fingerprint density at radius 1 is 1.33 bits per heavy atom. The van der Waals surface area contributed by atoms with Crippen molar-refractivity contribution in [1.82, 2.24) is 0 Å². The minimum atomic E-state index is -5.09. The number of carbonyl (C=O) groups excluding carboxylic acids is 2. The quantitative estimate of drug-likeness (QED) is 0.475. The zero-order valence-corrected chi connectivity index (χ0v) is 9.28. The molecular weight excluding hydrogens is 253 g/mol. The van der Waals surface area contributed by atoms with Gasteiger partial charge in [-0.15, -0.1) is 0 Å². The average Bonchev–Trinajstić information content (AvgIpc) is 2.30. The van der Waals surface area contributed by atoms with Crippen LogP contribution in [-0.4, -0.2) is 25.0 Å². The molecule has 0 aliphatic heterocycles. The predicted octanol–water partition coefficient (Wildman–Crippen LogP) is 2.37. The summed E-state index contributed by atoms with van der Waals surface area (Å²) in [5, 5.41) is 0. The molecule has 18 heavy (non-hydrogen) atoms. The van der Waals surface area contributed by atoms with E-state index in [4.69, 9.17) is 4.74 Å². The molecule has 0 saturated carbocycles. The Labute approximate surface area is 100 Å². The molecule has 1 aromatic rings. The molecule has 0 heterocycles. The Morgan fingerprint density at radius 3 is 2.50 bits per heavy atom. The number of hydrogen-bond acceptors (Lipinski definition) is 4. The van der Waals surface area contributed by atoms with Crippen LogP contribution >= 0.6 is 0 Å². The molecule has 0 amide bonds. The number of ether oxygens (including phenoxy) is 2. The lowest BCUT2D eigenvalue weighted by molar-refractivity contribution is -0.189. The molecule has 0 atom stereocenters. The monoisotopic (exact) mass is 262 g/mol. The number of aldehydes is 1. The van der Waals surface area contributed by atoms with Gasteiger partial charge in [-0.25, -0.2) is 4.79 Å². The summed E-state index contributed by atoms with van der Waals surface area (Å²) in [5.41, 5.74) is 0.199. The van der Waals surface area contributed by atoms with Crippen molar-refractivity contribution >= 4 is 12.3 Å². The van der Waals surface area contributed by atoms with Gasteiger partial charge in [-0.05, 0) is 25.1 Å². The van der Waals surface area contributed by atoms with E-state index in [0.29, 0.717) is 6.29 Å². The van der Waals surface area contributed by atoms with Crippen molar-refractivity contribution in [2.75, 3.05) is 6.61 Å². The first-order valence-corrected chi connectivity index (χ1v) is 4.89. The fourth-order valence-electron chi connectivity index (χ4n) is 1.11. The van der Waals surface area contributed by atoms with E-state index in [0.717, 1.165) is 6.07 Å². The van der Waals surface area contributed by atoms with Crippen LogP contribution in [0.2, 0.25) is 0 Å². The summed E-state index contributed by atoms with van der Waals surface area (Å²) >= 11 is 0. The first-order valence-electron chi connectivity index (χ1n) is 4.89. The van der Waals surface area contributed by atoms with Gasteiger partial charge in [0.15, 0.2) is 11.5 Å². The van der Waals surface area contributed by atoms with Crippen molar-refractivity contribution in [3.63, 3.8) is 0 Å². The molecule has 0 saturated heterocycles. The molecule has 98 valence electrons. The molecule has 0 bridgehead atoms. The van der Waals surface area contributed by atoms with Crippen LogP contribution in [0.1, 0.15) is 17.3 Å². The highest BCUT2D eigenvalue weighted by Gasteiger charge is 2.41. The highest BCUT2D eigenvalue weighted by atomic mass is 19.4. The summed E-state index contributed by atoms with van der Waals surface area (Å²) in [4.78, 5) is 21.2. The number of halogens is 3. The first kappa shape index (κ1) is 14.0. The summed E-state index contributed by atoms with van der Waals surface area (Å²) in [6.07, 6.45) is -4.59. The number of rotatable bonds is 4. The summed E-state index contributed by atoms with van der Waals surface area (Å²) in [5.74, 6) is -2.83. The van der Waals surface area contributed by atoms with Gasteiger partial charge in [0.1, 0.15) is 6.29 Å². The van der Waals surface area contributed by atoms with Crippen molar-refractivity contribution in [2.45, 2.75) is 13.1 Å². The van der Waals surface area contributed by atoms with Crippen LogP contribution in [-0.2, 0) is 4.79 Å². The maximum Gasteiger partial charge on any atom is 0.491 e. The summed E-state index contributed by atoms with van der Waals surface area (Å²) in [7, 11) is 0. The third-order valence-electron chi connectivity index (χ3n) is 1.84. The lowest BCUT2D eigenvalue weighted by Gasteiger charge is -2.11. The van der Waals surface area contributed by atoms with Crippen molar-refractivity contribution in [2.24, 2.45) is 0 Å². The van der Waals surface area contributed by atoms with E-state index in [2.05, 4.69) is 4.74 Å². The van der Waals surface area contributed by atoms with Gasteiger partial charge in [-0.3, -0.25) is 4.79 Å². The zero-order valence-electron chi connectivity index (χ0n) is 9.28. The molecule has 0 aromatic heterocycles. The largest absolute Gasteiger partial charge is 0.491 e. The summed E-state index contributed by atoms with van der Waals surface area (Å²) in [6, 6.07) is 3.47. The van der Waals surface area contributed by atoms with Gasteiger partial charge < -0.3 is 9.47 Å². The maximum absolute atomic E-state index is 12.0. The Morgan fingerprint density at radius 2 is 2.00 bits per heavy atom. The van der Waals surface area contributed by atoms with Crippen LogP contribution in [0, 0.1) is 0 Å². The van der Waals surface area contributed by atoms with Gasteiger partial charge in [-0.2, -0.15) is 13.2 Å². The van der Waals surface area contributed by atoms with Crippen LogP contribution in [0.15, 0.2) is 18.2 Å².